The fourth-order valence-electron chi connectivity index (χ4n) is 1.73. The van der Waals surface area contributed by atoms with E-state index >= 15 is 0 Å². The summed E-state index contributed by atoms with van der Waals surface area (Å²) >= 11 is 7.21. The lowest BCUT2D eigenvalue weighted by Gasteiger charge is -2.13. The van der Waals surface area contributed by atoms with Crippen LogP contribution >= 0.6 is 23.4 Å². The molecule has 2 nitrogen and oxygen atoms in total. The summed E-state index contributed by atoms with van der Waals surface area (Å²) in [5, 5.41) is 2.92. The van der Waals surface area contributed by atoms with Crippen molar-refractivity contribution in [1.82, 2.24) is 0 Å². The molecule has 0 bridgehead atoms. The zero-order valence-corrected chi connectivity index (χ0v) is 13.3. The van der Waals surface area contributed by atoms with E-state index in [2.05, 4.69) is 5.32 Å². The lowest BCUT2D eigenvalue weighted by atomic mass is 10.2. The molecule has 1 atom stereocenters. The minimum absolute atomic E-state index is 0.203. The molecule has 1 amide bonds. The number of carbonyl (C=O) groups excluding carboxylic acids is 1. The number of benzene rings is 2. The van der Waals surface area contributed by atoms with E-state index in [0.717, 1.165) is 10.5 Å². The Balaban J connectivity index is 2.00. The van der Waals surface area contributed by atoms with Gasteiger partial charge in [-0.05, 0) is 55.8 Å². The van der Waals surface area contributed by atoms with Crippen molar-refractivity contribution in [1.29, 1.82) is 0 Å². The average Bonchev–Trinajstić information content (AvgIpc) is 2.44. The van der Waals surface area contributed by atoms with Crippen molar-refractivity contribution < 1.29 is 9.18 Å². The fraction of sp³-hybridized carbons (Fsp3) is 0.188. The zero-order valence-electron chi connectivity index (χ0n) is 11.7. The van der Waals surface area contributed by atoms with Gasteiger partial charge in [0.05, 0.1) is 10.9 Å². The molecule has 0 spiro atoms. The third-order valence-corrected chi connectivity index (χ3v) is 4.24. The molecule has 0 aliphatic rings. The molecule has 0 aliphatic heterocycles. The van der Waals surface area contributed by atoms with Crippen LogP contribution in [0.4, 0.5) is 10.1 Å². The van der Waals surface area contributed by atoms with Crippen LogP contribution in [0.15, 0.2) is 47.4 Å². The molecule has 1 unspecified atom stereocenters. The highest BCUT2D eigenvalue weighted by Crippen LogP contribution is 2.26. The van der Waals surface area contributed by atoms with Crippen molar-refractivity contribution in [2.24, 2.45) is 0 Å². The van der Waals surface area contributed by atoms with Gasteiger partial charge < -0.3 is 5.32 Å². The van der Waals surface area contributed by atoms with Gasteiger partial charge in [-0.15, -0.1) is 11.8 Å². The van der Waals surface area contributed by atoms with Crippen LogP contribution in [-0.4, -0.2) is 11.2 Å². The summed E-state index contributed by atoms with van der Waals surface area (Å²) < 4.78 is 13.7. The molecule has 0 saturated carbocycles. The monoisotopic (exact) mass is 323 g/mol. The molecule has 0 fully saturated rings. The van der Waals surface area contributed by atoms with Crippen molar-refractivity contribution in [3.05, 3.63) is 58.9 Å². The second-order valence-corrected chi connectivity index (χ2v) is 6.54. The minimum Gasteiger partial charge on any atom is -0.323 e. The maximum absolute atomic E-state index is 13.7. The number of thioether (sulfide) groups is 1. The van der Waals surface area contributed by atoms with E-state index in [1.165, 1.54) is 17.8 Å². The van der Waals surface area contributed by atoms with Gasteiger partial charge in [-0.25, -0.2) is 4.39 Å². The zero-order chi connectivity index (χ0) is 15.4. The van der Waals surface area contributed by atoms with Crippen LogP contribution < -0.4 is 5.32 Å². The Labute approximate surface area is 132 Å². The number of hydrogen-bond acceptors (Lipinski definition) is 2. The topological polar surface area (TPSA) is 29.1 Å². The van der Waals surface area contributed by atoms with Crippen LogP contribution in [0.1, 0.15) is 12.5 Å². The van der Waals surface area contributed by atoms with Crippen LogP contribution in [0.25, 0.3) is 0 Å². The molecular formula is C16H15ClFNOS. The fourth-order valence-corrected chi connectivity index (χ4v) is 2.72. The normalized spacial score (nSPS) is 12.0. The van der Waals surface area contributed by atoms with Gasteiger partial charge in [-0.1, -0.05) is 17.7 Å². The Kier molecular flexibility index (Phi) is 5.26. The van der Waals surface area contributed by atoms with Gasteiger partial charge >= 0.3 is 0 Å². The first-order chi connectivity index (χ1) is 9.95. The van der Waals surface area contributed by atoms with E-state index in [1.54, 1.807) is 38.1 Å². The number of amides is 1. The van der Waals surface area contributed by atoms with Crippen LogP contribution in [0.3, 0.4) is 0 Å². The highest BCUT2D eigenvalue weighted by molar-refractivity contribution is 8.00. The van der Waals surface area contributed by atoms with Crippen LogP contribution in [0, 0.1) is 12.7 Å². The summed E-state index contributed by atoms with van der Waals surface area (Å²) in [7, 11) is 0. The van der Waals surface area contributed by atoms with Crippen molar-refractivity contribution in [3.63, 3.8) is 0 Å². The number of aryl methyl sites for hydroxylation is 1. The Bertz CT molecular complexity index is 645. The summed E-state index contributed by atoms with van der Waals surface area (Å²) in [5.41, 5.74) is 1.02. The molecule has 2 aromatic carbocycles. The lowest BCUT2D eigenvalue weighted by Crippen LogP contribution is -2.22. The highest BCUT2D eigenvalue weighted by atomic mass is 35.5. The van der Waals surface area contributed by atoms with Gasteiger partial charge in [-0.2, -0.15) is 0 Å². The van der Waals surface area contributed by atoms with E-state index in [4.69, 9.17) is 11.6 Å². The number of anilines is 1. The number of nitrogens with one attached hydrogen (secondary N) is 1. The van der Waals surface area contributed by atoms with Gasteiger partial charge in [-0.3, -0.25) is 4.79 Å². The molecule has 5 heteroatoms. The molecule has 1 N–H and O–H groups in total. The molecule has 2 rings (SSSR count). The molecular weight excluding hydrogens is 309 g/mol. The van der Waals surface area contributed by atoms with E-state index < -0.39 is 5.82 Å². The number of rotatable bonds is 4. The molecule has 21 heavy (non-hydrogen) atoms. The van der Waals surface area contributed by atoms with Crippen molar-refractivity contribution in [2.45, 2.75) is 24.0 Å². The van der Waals surface area contributed by atoms with Crippen molar-refractivity contribution in [3.8, 4) is 0 Å². The molecule has 0 aliphatic carbocycles. The van der Waals surface area contributed by atoms with Crippen molar-refractivity contribution >= 4 is 35.0 Å². The number of carbonyl (C=O) groups is 1. The molecule has 110 valence electrons. The predicted molar refractivity (Wildman–Crippen MR) is 86.5 cm³/mol. The highest BCUT2D eigenvalue weighted by Gasteiger charge is 2.16. The maximum atomic E-state index is 13.7. The summed E-state index contributed by atoms with van der Waals surface area (Å²) in [6.45, 7) is 3.58. The number of halogens is 2. The standard InChI is InChI=1S/C16H15ClFNOS/c1-10-3-8-15(14(18)9-10)19-16(20)11(2)21-13-6-4-12(17)5-7-13/h3-9,11H,1-2H3,(H,19,20). The number of hydrogen-bond donors (Lipinski definition) is 1. The SMILES string of the molecule is Cc1ccc(NC(=O)C(C)Sc2ccc(Cl)cc2)c(F)c1. The molecule has 0 radical (unpaired) electrons. The largest absolute Gasteiger partial charge is 0.323 e. The van der Waals surface area contributed by atoms with Gasteiger partial charge in [0.15, 0.2) is 0 Å². The van der Waals surface area contributed by atoms with Gasteiger partial charge in [0.2, 0.25) is 5.91 Å². The quantitative estimate of drug-likeness (QED) is 0.810. The Hall–Kier alpha value is -1.52. The molecule has 0 heterocycles. The van der Waals surface area contributed by atoms with Gasteiger partial charge in [0.25, 0.3) is 0 Å². The molecule has 0 aromatic heterocycles. The lowest BCUT2D eigenvalue weighted by molar-refractivity contribution is -0.115. The second kappa shape index (κ2) is 6.96. The first kappa shape index (κ1) is 15.9. The Morgan fingerprint density at radius 2 is 1.90 bits per heavy atom. The van der Waals surface area contributed by atoms with E-state index in [9.17, 15) is 9.18 Å². The van der Waals surface area contributed by atoms with Gasteiger partial charge in [0.1, 0.15) is 5.82 Å². The van der Waals surface area contributed by atoms with Crippen LogP contribution in [-0.2, 0) is 4.79 Å². The van der Waals surface area contributed by atoms with Gasteiger partial charge in [0, 0.05) is 9.92 Å². The Morgan fingerprint density at radius 3 is 2.52 bits per heavy atom. The average molecular weight is 324 g/mol. The Morgan fingerprint density at radius 1 is 1.24 bits per heavy atom. The van der Waals surface area contributed by atoms with Crippen molar-refractivity contribution in [2.75, 3.05) is 5.32 Å². The second-order valence-electron chi connectivity index (χ2n) is 4.69. The molecule has 0 saturated heterocycles. The summed E-state index contributed by atoms with van der Waals surface area (Å²) in [4.78, 5) is 13.0. The summed E-state index contributed by atoms with van der Waals surface area (Å²) in [6, 6.07) is 12.0. The summed E-state index contributed by atoms with van der Waals surface area (Å²) in [6.07, 6.45) is 0. The van der Waals surface area contributed by atoms with E-state index in [1.807, 2.05) is 12.1 Å². The summed E-state index contributed by atoms with van der Waals surface area (Å²) in [5.74, 6) is -0.662. The van der Waals surface area contributed by atoms with E-state index in [0.29, 0.717) is 5.02 Å². The maximum Gasteiger partial charge on any atom is 0.237 e. The predicted octanol–water partition coefficient (Wildman–Crippen LogP) is 4.91. The third kappa shape index (κ3) is 4.48. The third-order valence-electron chi connectivity index (χ3n) is 2.88. The smallest absolute Gasteiger partial charge is 0.237 e. The first-order valence-corrected chi connectivity index (χ1v) is 7.70. The first-order valence-electron chi connectivity index (χ1n) is 6.45. The molecule has 2 aromatic rings. The van der Waals surface area contributed by atoms with E-state index in [-0.39, 0.29) is 16.8 Å². The van der Waals surface area contributed by atoms with Crippen LogP contribution in [0.2, 0.25) is 5.02 Å². The minimum atomic E-state index is -0.424. The van der Waals surface area contributed by atoms with Crippen LogP contribution in [0.5, 0.6) is 0 Å².